The molecule has 43 heavy (non-hydrogen) atoms. The molecule has 1 aliphatic rings. The molecule has 4 aromatic heterocycles. The van der Waals surface area contributed by atoms with E-state index in [-0.39, 0.29) is 25.2 Å². The summed E-state index contributed by atoms with van der Waals surface area (Å²) >= 11 is 4.56. The predicted molar refractivity (Wildman–Crippen MR) is 165 cm³/mol. The molecule has 1 saturated heterocycles. The minimum absolute atomic E-state index is 0.113. The van der Waals surface area contributed by atoms with Crippen molar-refractivity contribution in [1.82, 2.24) is 29.5 Å². The van der Waals surface area contributed by atoms with Gasteiger partial charge in [0, 0.05) is 35.2 Å². The average molecular weight is 635 g/mol. The minimum Gasteiger partial charge on any atom is -0.497 e. The number of imidazole rings is 1. The number of rotatable bonds is 8. The highest BCUT2D eigenvalue weighted by atomic mass is 32.1. The van der Waals surface area contributed by atoms with Gasteiger partial charge in [0.15, 0.2) is 0 Å². The van der Waals surface area contributed by atoms with Gasteiger partial charge in [0.2, 0.25) is 4.96 Å². The molecule has 1 unspecified atom stereocenters. The Labute approximate surface area is 258 Å². The average Bonchev–Trinajstić information content (AvgIpc) is 3.82. The fourth-order valence-electron chi connectivity index (χ4n) is 4.87. The standard InChI is InChI=1S/C29H26N6O5S3/c1-16-33-35-11-23(32-29(35)42-16)27-31-22-9-21(38-2)10-24(25(22)43-27)40-13-19-15-41-26(30-19)17-3-5-18(6-4-17)28(37)34-7-8-39-14-20(34)12-36/h3-6,9-11,15,20,36H,7-8,12-14H2,1-2H3. The smallest absolute Gasteiger partial charge is 0.254 e. The third kappa shape index (κ3) is 5.47. The summed E-state index contributed by atoms with van der Waals surface area (Å²) in [6, 6.07) is 10.8. The van der Waals surface area contributed by atoms with E-state index in [2.05, 4.69) is 5.10 Å². The van der Waals surface area contributed by atoms with Gasteiger partial charge in [0.1, 0.15) is 38.8 Å². The van der Waals surface area contributed by atoms with Crippen LogP contribution >= 0.6 is 34.0 Å². The lowest BCUT2D eigenvalue weighted by atomic mass is 10.1. The van der Waals surface area contributed by atoms with Gasteiger partial charge in [-0.2, -0.15) is 5.10 Å². The number of aliphatic hydroxyl groups excluding tert-OH is 1. The molecule has 5 heterocycles. The molecule has 1 atom stereocenters. The van der Waals surface area contributed by atoms with Gasteiger partial charge in [0.25, 0.3) is 5.91 Å². The largest absolute Gasteiger partial charge is 0.497 e. The number of fused-ring (bicyclic) bond motifs is 2. The zero-order valence-electron chi connectivity index (χ0n) is 23.2. The first kappa shape index (κ1) is 27.9. The van der Waals surface area contributed by atoms with Gasteiger partial charge >= 0.3 is 0 Å². The van der Waals surface area contributed by atoms with Crippen LogP contribution in [0.2, 0.25) is 0 Å². The zero-order chi connectivity index (χ0) is 29.5. The van der Waals surface area contributed by atoms with Crippen molar-refractivity contribution in [1.29, 1.82) is 0 Å². The van der Waals surface area contributed by atoms with Gasteiger partial charge < -0.3 is 24.2 Å². The predicted octanol–water partition coefficient (Wildman–Crippen LogP) is 4.92. The maximum absolute atomic E-state index is 13.0. The normalized spacial score (nSPS) is 15.4. The first-order chi connectivity index (χ1) is 21.0. The second-order valence-corrected chi connectivity index (χ2v) is 12.9. The van der Waals surface area contributed by atoms with Crippen molar-refractivity contribution >= 4 is 55.1 Å². The summed E-state index contributed by atoms with van der Waals surface area (Å²) in [5.41, 5.74) is 3.80. The van der Waals surface area contributed by atoms with Gasteiger partial charge in [0.05, 0.1) is 55.1 Å². The number of ether oxygens (including phenoxy) is 3. The number of hydrogen-bond donors (Lipinski definition) is 1. The Morgan fingerprint density at radius 2 is 2.00 bits per heavy atom. The second-order valence-electron chi connectivity index (χ2n) is 9.89. The first-order valence-electron chi connectivity index (χ1n) is 13.5. The summed E-state index contributed by atoms with van der Waals surface area (Å²) in [5, 5.41) is 18.6. The fourth-order valence-corrected chi connectivity index (χ4v) is 7.37. The fraction of sp³-hybridized carbons (Fsp3) is 0.276. The molecule has 11 nitrogen and oxygen atoms in total. The Balaban J connectivity index is 1.07. The number of morpholine rings is 1. The van der Waals surface area contributed by atoms with Crippen molar-refractivity contribution in [3.05, 3.63) is 64.2 Å². The number of methoxy groups -OCH3 is 1. The van der Waals surface area contributed by atoms with E-state index in [1.54, 1.807) is 28.7 Å². The number of aliphatic hydroxyl groups is 1. The number of carbonyl (C=O) groups excluding carboxylic acids is 1. The van der Waals surface area contributed by atoms with Crippen LogP contribution in [0.5, 0.6) is 11.5 Å². The Kier molecular flexibility index (Phi) is 7.53. The molecule has 0 aliphatic carbocycles. The van der Waals surface area contributed by atoms with Crippen LogP contribution in [0, 0.1) is 6.92 Å². The number of benzene rings is 2. The third-order valence-electron chi connectivity index (χ3n) is 7.03. The van der Waals surface area contributed by atoms with Crippen molar-refractivity contribution < 1.29 is 24.1 Å². The maximum atomic E-state index is 13.0. The molecule has 6 aromatic rings. The lowest BCUT2D eigenvalue weighted by Crippen LogP contribution is -2.50. The van der Waals surface area contributed by atoms with Crippen LogP contribution in [0.25, 0.3) is 36.5 Å². The maximum Gasteiger partial charge on any atom is 0.254 e. The Hall–Kier alpha value is -3.95. The molecule has 0 bridgehead atoms. The van der Waals surface area contributed by atoms with Crippen molar-refractivity contribution in [2.24, 2.45) is 0 Å². The molecule has 0 saturated carbocycles. The molecule has 1 fully saturated rings. The van der Waals surface area contributed by atoms with E-state index >= 15 is 0 Å². The van der Waals surface area contributed by atoms with Crippen LogP contribution in [0.4, 0.5) is 0 Å². The number of aromatic nitrogens is 5. The van der Waals surface area contributed by atoms with Crippen LogP contribution in [0.3, 0.4) is 0 Å². The molecule has 2 aromatic carbocycles. The van der Waals surface area contributed by atoms with Gasteiger partial charge in [-0.25, -0.2) is 19.5 Å². The van der Waals surface area contributed by atoms with Crippen LogP contribution in [0.15, 0.2) is 48.0 Å². The van der Waals surface area contributed by atoms with E-state index in [4.69, 9.17) is 29.2 Å². The Bertz CT molecular complexity index is 1900. The van der Waals surface area contributed by atoms with Crippen molar-refractivity contribution in [2.45, 2.75) is 19.6 Å². The van der Waals surface area contributed by atoms with E-state index in [1.807, 2.05) is 42.8 Å². The summed E-state index contributed by atoms with van der Waals surface area (Å²) in [4.78, 5) is 29.8. The van der Waals surface area contributed by atoms with E-state index in [0.29, 0.717) is 36.8 Å². The summed E-state index contributed by atoms with van der Waals surface area (Å²) in [7, 11) is 1.62. The summed E-state index contributed by atoms with van der Waals surface area (Å²) in [6.07, 6.45) is 1.89. The van der Waals surface area contributed by atoms with E-state index < -0.39 is 0 Å². The van der Waals surface area contributed by atoms with Crippen LogP contribution in [-0.4, -0.2) is 80.0 Å². The van der Waals surface area contributed by atoms with E-state index in [1.165, 1.54) is 34.0 Å². The van der Waals surface area contributed by atoms with Crippen LogP contribution < -0.4 is 9.47 Å². The molecule has 1 N–H and O–H groups in total. The first-order valence-corrected chi connectivity index (χ1v) is 16.0. The van der Waals surface area contributed by atoms with Crippen LogP contribution in [-0.2, 0) is 11.3 Å². The number of thiazole rings is 2. The highest BCUT2D eigenvalue weighted by molar-refractivity contribution is 7.22. The highest BCUT2D eigenvalue weighted by Gasteiger charge is 2.27. The SMILES string of the molecule is COc1cc(OCc2csc(-c3ccc(C(=O)N4CCOCC4CO)cc3)n2)c2sc(-c3cn4nc(C)sc4n3)nc2c1. The molecule has 0 radical (unpaired) electrons. The summed E-state index contributed by atoms with van der Waals surface area (Å²) < 4.78 is 19.9. The van der Waals surface area contributed by atoms with Crippen LogP contribution in [0.1, 0.15) is 21.1 Å². The highest BCUT2D eigenvalue weighted by Crippen LogP contribution is 2.39. The molecule has 1 aliphatic heterocycles. The van der Waals surface area contributed by atoms with Gasteiger partial charge in [-0.15, -0.1) is 22.7 Å². The van der Waals surface area contributed by atoms with E-state index in [0.717, 1.165) is 47.2 Å². The number of aryl methyl sites for hydroxylation is 1. The number of carbonyl (C=O) groups is 1. The molecular weight excluding hydrogens is 609 g/mol. The Morgan fingerprint density at radius 3 is 2.79 bits per heavy atom. The lowest BCUT2D eigenvalue weighted by molar-refractivity contribution is -0.0183. The molecule has 14 heteroatoms. The van der Waals surface area contributed by atoms with Crippen molar-refractivity contribution in [3.63, 3.8) is 0 Å². The van der Waals surface area contributed by atoms with Crippen molar-refractivity contribution in [2.75, 3.05) is 33.5 Å². The summed E-state index contributed by atoms with van der Waals surface area (Å²) in [6.45, 7) is 3.37. The summed E-state index contributed by atoms with van der Waals surface area (Å²) in [5.74, 6) is 1.20. The molecular formula is C29H26N6O5S3. The van der Waals surface area contributed by atoms with Gasteiger partial charge in [-0.05, 0) is 19.1 Å². The van der Waals surface area contributed by atoms with Gasteiger partial charge in [-0.3, -0.25) is 4.79 Å². The molecule has 1 amide bonds. The molecule has 220 valence electrons. The van der Waals surface area contributed by atoms with Gasteiger partial charge in [-0.1, -0.05) is 23.5 Å². The number of nitrogens with zero attached hydrogens (tertiary/aromatic N) is 6. The molecule has 0 spiro atoms. The van der Waals surface area contributed by atoms with E-state index in [9.17, 15) is 9.90 Å². The zero-order valence-corrected chi connectivity index (χ0v) is 25.7. The minimum atomic E-state index is -0.325. The topological polar surface area (TPSA) is 124 Å². The lowest BCUT2D eigenvalue weighted by Gasteiger charge is -2.34. The second kappa shape index (κ2) is 11.6. The number of amides is 1. The quantitative estimate of drug-likeness (QED) is 0.248. The monoisotopic (exact) mass is 634 g/mol. The molecule has 7 rings (SSSR count). The van der Waals surface area contributed by atoms with Crippen molar-refractivity contribution in [3.8, 4) is 32.8 Å². The number of hydrogen-bond acceptors (Lipinski definition) is 12. The Morgan fingerprint density at radius 1 is 1.14 bits per heavy atom. The third-order valence-corrected chi connectivity index (χ3v) is 9.92.